The number of ether oxygens (including phenoxy) is 2. The van der Waals surface area contributed by atoms with E-state index in [0.29, 0.717) is 12.5 Å². The molecule has 1 aromatic carbocycles. The van der Waals surface area contributed by atoms with Crippen LogP contribution in [0.4, 0.5) is 0 Å². The summed E-state index contributed by atoms with van der Waals surface area (Å²) in [7, 11) is 1.69. The number of rotatable bonds is 4. The van der Waals surface area contributed by atoms with E-state index in [1.54, 1.807) is 7.11 Å². The lowest BCUT2D eigenvalue weighted by Gasteiger charge is -2.16. The summed E-state index contributed by atoms with van der Waals surface area (Å²) in [6.07, 6.45) is 3.77. The van der Waals surface area contributed by atoms with Crippen LogP contribution in [0.1, 0.15) is 18.6 Å². The molecule has 17 heavy (non-hydrogen) atoms. The van der Waals surface area contributed by atoms with Crippen LogP contribution >= 0.6 is 0 Å². The topological polar surface area (TPSA) is 30.8 Å². The molecule has 1 aliphatic heterocycles. The summed E-state index contributed by atoms with van der Waals surface area (Å²) in [5, 5.41) is 0. The summed E-state index contributed by atoms with van der Waals surface area (Å²) in [6, 6.07) is 10.2. The first kappa shape index (κ1) is 11.9. The second-order valence-electron chi connectivity index (χ2n) is 3.94. The zero-order chi connectivity index (χ0) is 12.1. The van der Waals surface area contributed by atoms with Gasteiger partial charge in [0.15, 0.2) is 6.10 Å². The lowest BCUT2D eigenvalue weighted by atomic mass is 10.0. The lowest BCUT2D eigenvalue weighted by molar-refractivity contribution is 0.120. The van der Waals surface area contributed by atoms with Crippen molar-refractivity contribution in [1.29, 1.82) is 0 Å². The molecule has 1 heterocycles. The van der Waals surface area contributed by atoms with E-state index in [1.165, 1.54) is 0 Å². The molecule has 3 heteroatoms. The van der Waals surface area contributed by atoms with E-state index in [-0.39, 0.29) is 12.1 Å². The van der Waals surface area contributed by atoms with Crippen molar-refractivity contribution in [3.8, 4) is 0 Å². The summed E-state index contributed by atoms with van der Waals surface area (Å²) in [5.74, 6) is 0.684. The molecule has 1 aliphatic rings. The average molecular weight is 231 g/mol. The summed E-state index contributed by atoms with van der Waals surface area (Å²) in [5.41, 5.74) is 1.14. The molecule has 3 nitrogen and oxygen atoms in total. The van der Waals surface area contributed by atoms with Crippen LogP contribution in [0.15, 0.2) is 47.5 Å². The SMILES string of the molecule is C/C=C/C1=N[C@H](COC)[C@@H](c2ccccc2)O1. The standard InChI is InChI=1S/C14H17NO2/c1-3-7-13-15-12(10-16-2)14(17-13)11-8-5-4-6-9-11/h3-9,12,14H,10H2,1-2H3/b7-3+/t12-,14-/m1/s1. The van der Waals surface area contributed by atoms with Gasteiger partial charge in [-0.15, -0.1) is 0 Å². The molecule has 0 N–H and O–H groups in total. The maximum absolute atomic E-state index is 5.84. The highest BCUT2D eigenvalue weighted by Crippen LogP contribution is 2.29. The molecule has 0 saturated heterocycles. The minimum absolute atomic E-state index is 0.0357. The quantitative estimate of drug-likeness (QED) is 0.797. The van der Waals surface area contributed by atoms with Gasteiger partial charge in [0.05, 0.1) is 6.61 Å². The molecule has 0 fully saturated rings. The number of benzene rings is 1. The smallest absolute Gasteiger partial charge is 0.209 e. The predicted octanol–water partition coefficient (Wildman–Crippen LogP) is 2.75. The average Bonchev–Trinajstić information content (AvgIpc) is 2.74. The first-order valence-corrected chi connectivity index (χ1v) is 5.76. The van der Waals surface area contributed by atoms with Crippen molar-refractivity contribution in [1.82, 2.24) is 0 Å². The Labute approximate surface area is 102 Å². The maximum atomic E-state index is 5.84. The Kier molecular flexibility index (Phi) is 3.94. The first-order valence-electron chi connectivity index (χ1n) is 5.76. The minimum Gasteiger partial charge on any atom is -0.467 e. The fourth-order valence-electron chi connectivity index (χ4n) is 1.92. The Morgan fingerprint density at radius 2 is 2.12 bits per heavy atom. The Balaban J connectivity index is 2.18. The molecule has 0 unspecified atom stereocenters. The molecular formula is C14H17NO2. The van der Waals surface area contributed by atoms with Gasteiger partial charge < -0.3 is 9.47 Å². The van der Waals surface area contributed by atoms with Gasteiger partial charge in [0.2, 0.25) is 5.90 Å². The van der Waals surface area contributed by atoms with E-state index in [2.05, 4.69) is 17.1 Å². The molecule has 0 radical (unpaired) electrons. The Morgan fingerprint density at radius 3 is 2.76 bits per heavy atom. The third-order valence-corrected chi connectivity index (χ3v) is 2.67. The highest BCUT2D eigenvalue weighted by molar-refractivity contribution is 5.89. The number of aliphatic imine (C=N–C) groups is 1. The van der Waals surface area contributed by atoms with Crippen molar-refractivity contribution in [3.05, 3.63) is 48.0 Å². The number of nitrogens with zero attached hydrogens (tertiary/aromatic N) is 1. The van der Waals surface area contributed by atoms with Crippen LogP contribution in [0.2, 0.25) is 0 Å². The molecule has 2 atom stereocenters. The highest BCUT2D eigenvalue weighted by atomic mass is 16.5. The molecule has 1 aromatic rings. The maximum Gasteiger partial charge on any atom is 0.209 e. The van der Waals surface area contributed by atoms with Gasteiger partial charge in [0.25, 0.3) is 0 Å². The van der Waals surface area contributed by atoms with Gasteiger partial charge in [0, 0.05) is 7.11 Å². The van der Waals surface area contributed by atoms with Gasteiger partial charge in [0.1, 0.15) is 6.04 Å². The number of hydrogen-bond donors (Lipinski definition) is 0. The highest BCUT2D eigenvalue weighted by Gasteiger charge is 2.31. The van der Waals surface area contributed by atoms with E-state index in [0.717, 1.165) is 5.56 Å². The third kappa shape index (κ3) is 2.74. The molecule has 0 saturated carbocycles. The Hall–Kier alpha value is -1.61. The van der Waals surface area contributed by atoms with Crippen molar-refractivity contribution < 1.29 is 9.47 Å². The van der Waals surface area contributed by atoms with Gasteiger partial charge in [-0.3, -0.25) is 0 Å². The van der Waals surface area contributed by atoms with Crippen molar-refractivity contribution >= 4 is 5.90 Å². The fourth-order valence-corrected chi connectivity index (χ4v) is 1.92. The van der Waals surface area contributed by atoms with E-state index in [4.69, 9.17) is 9.47 Å². The molecule has 0 aromatic heterocycles. The molecular weight excluding hydrogens is 214 g/mol. The Bertz CT molecular complexity index is 411. The molecule has 0 aliphatic carbocycles. The van der Waals surface area contributed by atoms with Crippen LogP contribution in [0, 0.1) is 0 Å². The Morgan fingerprint density at radius 1 is 1.35 bits per heavy atom. The number of allylic oxidation sites excluding steroid dienone is 1. The minimum atomic E-state index is -0.0395. The second kappa shape index (κ2) is 5.64. The molecule has 90 valence electrons. The second-order valence-corrected chi connectivity index (χ2v) is 3.94. The van der Waals surface area contributed by atoms with Crippen molar-refractivity contribution in [3.63, 3.8) is 0 Å². The first-order chi connectivity index (χ1) is 8.35. The van der Waals surface area contributed by atoms with Gasteiger partial charge in [-0.25, -0.2) is 4.99 Å². The number of methoxy groups -OCH3 is 1. The van der Waals surface area contributed by atoms with Crippen LogP contribution in [0.25, 0.3) is 0 Å². The monoisotopic (exact) mass is 231 g/mol. The third-order valence-electron chi connectivity index (χ3n) is 2.67. The summed E-state index contributed by atoms with van der Waals surface area (Å²) in [4.78, 5) is 4.51. The van der Waals surface area contributed by atoms with Gasteiger partial charge in [-0.1, -0.05) is 36.4 Å². The van der Waals surface area contributed by atoms with Gasteiger partial charge >= 0.3 is 0 Å². The van der Waals surface area contributed by atoms with E-state index >= 15 is 0 Å². The predicted molar refractivity (Wildman–Crippen MR) is 68.2 cm³/mol. The summed E-state index contributed by atoms with van der Waals surface area (Å²) < 4.78 is 11.0. The molecule has 0 spiro atoms. The lowest BCUT2D eigenvalue weighted by Crippen LogP contribution is -2.19. The van der Waals surface area contributed by atoms with E-state index in [9.17, 15) is 0 Å². The van der Waals surface area contributed by atoms with Crippen molar-refractivity contribution in [2.75, 3.05) is 13.7 Å². The fraction of sp³-hybridized carbons (Fsp3) is 0.357. The van der Waals surface area contributed by atoms with Crippen molar-refractivity contribution in [2.45, 2.75) is 19.1 Å². The van der Waals surface area contributed by atoms with Gasteiger partial charge in [-0.05, 0) is 18.6 Å². The van der Waals surface area contributed by atoms with Crippen LogP contribution in [0.3, 0.4) is 0 Å². The zero-order valence-electron chi connectivity index (χ0n) is 10.2. The van der Waals surface area contributed by atoms with Crippen LogP contribution in [-0.4, -0.2) is 25.7 Å². The van der Waals surface area contributed by atoms with E-state index in [1.807, 2.05) is 37.3 Å². The number of hydrogen-bond acceptors (Lipinski definition) is 3. The molecule has 2 rings (SSSR count). The van der Waals surface area contributed by atoms with Crippen molar-refractivity contribution in [2.24, 2.45) is 4.99 Å². The zero-order valence-corrected chi connectivity index (χ0v) is 10.2. The summed E-state index contributed by atoms with van der Waals surface area (Å²) >= 11 is 0. The summed E-state index contributed by atoms with van der Waals surface area (Å²) in [6.45, 7) is 2.52. The molecule has 0 bridgehead atoms. The van der Waals surface area contributed by atoms with Crippen LogP contribution in [0.5, 0.6) is 0 Å². The largest absolute Gasteiger partial charge is 0.467 e. The van der Waals surface area contributed by atoms with E-state index < -0.39 is 0 Å². The molecule has 0 amide bonds. The normalized spacial score (nSPS) is 23.8. The van der Waals surface area contributed by atoms with Gasteiger partial charge in [-0.2, -0.15) is 0 Å². The van der Waals surface area contributed by atoms with Crippen LogP contribution in [-0.2, 0) is 9.47 Å². The van der Waals surface area contributed by atoms with Crippen LogP contribution < -0.4 is 0 Å².